The Morgan fingerprint density at radius 1 is 1.33 bits per heavy atom. The van der Waals surface area contributed by atoms with Crippen LogP contribution in [0.2, 0.25) is 0 Å². The van der Waals surface area contributed by atoms with Crippen molar-refractivity contribution in [3.63, 3.8) is 0 Å². The zero-order valence-electron chi connectivity index (χ0n) is 10.4. The number of aliphatic hydroxyl groups is 1. The van der Waals surface area contributed by atoms with E-state index in [1.807, 2.05) is 12.1 Å². The molecule has 0 bridgehead atoms. The molecule has 0 aliphatic carbocycles. The first-order valence-corrected chi connectivity index (χ1v) is 6.44. The molecule has 0 amide bonds. The van der Waals surface area contributed by atoms with E-state index in [-0.39, 0.29) is 12.6 Å². The van der Waals surface area contributed by atoms with Crippen molar-refractivity contribution in [1.29, 1.82) is 0 Å². The fourth-order valence-electron chi connectivity index (χ4n) is 2.67. The summed E-state index contributed by atoms with van der Waals surface area (Å²) in [6.45, 7) is 1.02. The number of aromatic carboxylic acids is 1. The Bertz CT molecular complexity index is 417. The average Bonchev–Trinajstić information content (AvgIpc) is 2.40. The predicted octanol–water partition coefficient (Wildman–Crippen LogP) is 2.13. The highest BCUT2D eigenvalue weighted by molar-refractivity contribution is 5.94. The lowest BCUT2D eigenvalue weighted by Gasteiger charge is -2.38. The Kier molecular flexibility index (Phi) is 4.20. The molecule has 1 aromatic carbocycles. The molecule has 98 valence electrons. The van der Waals surface area contributed by atoms with Gasteiger partial charge in [-0.05, 0) is 37.8 Å². The summed E-state index contributed by atoms with van der Waals surface area (Å²) in [5, 5.41) is 18.4. The van der Waals surface area contributed by atoms with Crippen molar-refractivity contribution in [3.05, 3.63) is 29.8 Å². The van der Waals surface area contributed by atoms with Crippen LogP contribution in [0.1, 0.15) is 36.0 Å². The smallest absolute Gasteiger partial charge is 0.337 e. The highest BCUT2D eigenvalue weighted by atomic mass is 16.4. The quantitative estimate of drug-likeness (QED) is 0.858. The molecule has 1 atom stereocenters. The van der Waals surface area contributed by atoms with Gasteiger partial charge in [-0.2, -0.15) is 0 Å². The second-order valence-corrected chi connectivity index (χ2v) is 4.68. The molecule has 1 heterocycles. The number of anilines is 1. The van der Waals surface area contributed by atoms with Gasteiger partial charge in [0.25, 0.3) is 0 Å². The van der Waals surface area contributed by atoms with Crippen LogP contribution in [-0.4, -0.2) is 35.4 Å². The van der Waals surface area contributed by atoms with Gasteiger partial charge in [0.1, 0.15) is 0 Å². The number of piperidine rings is 1. The molecule has 1 fully saturated rings. The van der Waals surface area contributed by atoms with Gasteiger partial charge < -0.3 is 15.1 Å². The SMILES string of the molecule is O=C(O)c1ccccc1N1CCCCC1CCO. The molecule has 0 aromatic heterocycles. The number of para-hydroxylation sites is 1. The van der Waals surface area contributed by atoms with Crippen molar-refractivity contribution in [2.24, 2.45) is 0 Å². The Morgan fingerprint density at radius 2 is 2.11 bits per heavy atom. The molecule has 1 saturated heterocycles. The van der Waals surface area contributed by atoms with Crippen LogP contribution in [-0.2, 0) is 0 Å². The maximum absolute atomic E-state index is 11.3. The van der Waals surface area contributed by atoms with Crippen LogP contribution in [0, 0.1) is 0 Å². The highest BCUT2D eigenvalue weighted by Gasteiger charge is 2.25. The third kappa shape index (κ3) is 2.64. The Balaban J connectivity index is 2.30. The third-order valence-electron chi connectivity index (χ3n) is 3.53. The van der Waals surface area contributed by atoms with E-state index < -0.39 is 5.97 Å². The Hall–Kier alpha value is -1.55. The lowest BCUT2D eigenvalue weighted by molar-refractivity contribution is 0.0697. The summed E-state index contributed by atoms with van der Waals surface area (Å²) in [5.41, 5.74) is 1.13. The average molecular weight is 249 g/mol. The van der Waals surface area contributed by atoms with Gasteiger partial charge in [0.15, 0.2) is 0 Å². The first-order chi connectivity index (χ1) is 8.74. The van der Waals surface area contributed by atoms with E-state index in [4.69, 9.17) is 5.11 Å². The van der Waals surface area contributed by atoms with Crippen LogP contribution in [0.25, 0.3) is 0 Å². The summed E-state index contributed by atoms with van der Waals surface area (Å²) in [6, 6.07) is 7.37. The number of nitrogens with zero attached hydrogens (tertiary/aromatic N) is 1. The van der Waals surface area contributed by atoms with Gasteiger partial charge in [-0.15, -0.1) is 0 Å². The van der Waals surface area contributed by atoms with E-state index in [2.05, 4.69) is 4.90 Å². The van der Waals surface area contributed by atoms with E-state index in [1.54, 1.807) is 12.1 Å². The summed E-state index contributed by atoms with van der Waals surface area (Å²) in [6.07, 6.45) is 3.95. The summed E-state index contributed by atoms with van der Waals surface area (Å²) in [4.78, 5) is 13.4. The molecular weight excluding hydrogens is 230 g/mol. The summed E-state index contributed by atoms with van der Waals surface area (Å²) in [5.74, 6) is -0.890. The van der Waals surface area contributed by atoms with Gasteiger partial charge >= 0.3 is 5.97 Å². The van der Waals surface area contributed by atoms with Gasteiger partial charge in [0, 0.05) is 19.2 Å². The summed E-state index contributed by atoms with van der Waals surface area (Å²) < 4.78 is 0. The van der Waals surface area contributed by atoms with Crippen molar-refractivity contribution in [3.8, 4) is 0 Å². The van der Waals surface area contributed by atoms with Gasteiger partial charge in [0.2, 0.25) is 0 Å². The molecule has 18 heavy (non-hydrogen) atoms. The molecule has 1 aliphatic rings. The first kappa shape index (κ1) is 12.9. The van der Waals surface area contributed by atoms with Crippen molar-refractivity contribution >= 4 is 11.7 Å². The number of carbonyl (C=O) groups is 1. The lowest BCUT2D eigenvalue weighted by Crippen LogP contribution is -2.40. The maximum atomic E-state index is 11.3. The second kappa shape index (κ2) is 5.87. The first-order valence-electron chi connectivity index (χ1n) is 6.44. The third-order valence-corrected chi connectivity index (χ3v) is 3.53. The minimum atomic E-state index is -0.890. The van der Waals surface area contributed by atoms with Crippen molar-refractivity contribution in [2.75, 3.05) is 18.1 Å². The Labute approximate surface area is 107 Å². The topological polar surface area (TPSA) is 60.8 Å². The van der Waals surface area contributed by atoms with Crippen molar-refractivity contribution in [2.45, 2.75) is 31.7 Å². The van der Waals surface area contributed by atoms with Crippen LogP contribution in [0.5, 0.6) is 0 Å². The Morgan fingerprint density at radius 3 is 2.83 bits per heavy atom. The van der Waals surface area contributed by atoms with E-state index in [0.717, 1.165) is 31.5 Å². The van der Waals surface area contributed by atoms with E-state index in [1.165, 1.54) is 0 Å². The van der Waals surface area contributed by atoms with Crippen LogP contribution < -0.4 is 4.90 Å². The normalized spacial score (nSPS) is 19.8. The molecule has 2 N–H and O–H groups in total. The number of carboxylic acid groups (broad SMARTS) is 1. The van der Waals surface area contributed by atoms with Gasteiger partial charge in [0.05, 0.1) is 11.3 Å². The zero-order chi connectivity index (χ0) is 13.0. The largest absolute Gasteiger partial charge is 0.478 e. The standard InChI is InChI=1S/C14H19NO3/c16-10-8-11-5-3-4-9-15(11)13-7-2-1-6-12(13)14(17)18/h1-2,6-7,11,16H,3-5,8-10H2,(H,17,18). The van der Waals surface area contributed by atoms with Crippen molar-refractivity contribution < 1.29 is 15.0 Å². The molecule has 1 aliphatic heterocycles. The second-order valence-electron chi connectivity index (χ2n) is 4.68. The van der Waals surface area contributed by atoms with Crippen LogP contribution in [0.4, 0.5) is 5.69 Å². The molecule has 4 heteroatoms. The van der Waals surface area contributed by atoms with E-state index in [9.17, 15) is 9.90 Å². The molecule has 0 radical (unpaired) electrons. The fraction of sp³-hybridized carbons (Fsp3) is 0.500. The molecular formula is C14H19NO3. The summed E-state index contributed by atoms with van der Waals surface area (Å²) >= 11 is 0. The number of carboxylic acids is 1. The molecule has 1 unspecified atom stereocenters. The van der Waals surface area contributed by atoms with Gasteiger partial charge in [-0.1, -0.05) is 12.1 Å². The number of aliphatic hydroxyl groups excluding tert-OH is 1. The number of hydrogen-bond donors (Lipinski definition) is 2. The molecule has 0 spiro atoms. The molecule has 4 nitrogen and oxygen atoms in total. The maximum Gasteiger partial charge on any atom is 0.337 e. The molecule has 1 aromatic rings. The number of benzene rings is 1. The van der Waals surface area contributed by atoms with Crippen LogP contribution >= 0.6 is 0 Å². The zero-order valence-corrected chi connectivity index (χ0v) is 10.4. The molecule has 0 saturated carbocycles. The summed E-state index contributed by atoms with van der Waals surface area (Å²) in [7, 11) is 0. The minimum absolute atomic E-state index is 0.149. The number of rotatable bonds is 4. The van der Waals surface area contributed by atoms with Gasteiger partial charge in [-0.3, -0.25) is 0 Å². The number of hydrogen-bond acceptors (Lipinski definition) is 3. The highest BCUT2D eigenvalue weighted by Crippen LogP contribution is 2.29. The minimum Gasteiger partial charge on any atom is -0.478 e. The fourth-order valence-corrected chi connectivity index (χ4v) is 2.67. The molecule has 2 rings (SSSR count). The van der Waals surface area contributed by atoms with Gasteiger partial charge in [-0.25, -0.2) is 4.79 Å². The predicted molar refractivity (Wildman–Crippen MR) is 70.1 cm³/mol. The van der Waals surface area contributed by atoms with Crippen LogP contribution in [0.3, 0.4) is 0 Å². The van der Waals surface area contributed by atoms with E-state index >= 15 is 0 Å². The monoisotopic (exact) mass is 249 g/mol. The van der Waals surface area contributed by atoms with E-state index in [0.29, 0.717) is 12.0 Å². The van der Waals surface area contributed by atoms with Crippen LogP contribution in [0.15, 0.2) is 24.3 Å². The lowest BCUT2D eigenvalue weighted by atomic mass is 9.97. The van der Waals surface area contributed by atoms with Crippen molar-refractivity contribution in [1.82, 2.24) is 0 Å².